The number of hydrogen-bond acceptors (Lipinski definition) is 4. The Bertz CT molecular complexity index is 588. The summed E-state index contributed by atoms with van der Waals surface area (Å²) in [4.78, 5) is 15.1. The second kappa shape index (κ2) is 10.1. The van der Waals surface area contributed by atoms with Gasteiger partial charge in [0.15, 0.2) is 0 Å². The van der Waals surface area contributed by atoms with Crippen LogP contribution in [0.25, 0.3) is 0 Å². The topological polar surface area (TPSA) is 50.8 Å². The number of carbonyl (C=O) groups is 1. The first-order chi connectivity index (χ1) is 12.8. The lowest BCUT2D eigenvalue weighted by Gasteiger charge is -2.30. The first-order valence-electron chi connectivity index (χ1n) is 10.1. The van der Waals surface area contributed by atoms with Gasteiger partial charge >= 0.3 is 0 Å². The van der Waals surface area contributed by atoms with Gasteiger partial charge in [-0.3, -0.25) is 9.69 Å². The van der Waals surface area contributed by atoms with Crippen LogP contribution in [-0.4, -0.2) is 49.8 Å². The summed E-state index contributed by atoms with van der Waals surface area (Å²) in [6.07, 6.45) is 3.29. The first kappa shape index (κ1) is 21.7. The smallest absolute Gasteiger partial charge is 0.256 e. The highest BCUT2D eigenvalue weighted by molar-refractivity contribution is 5.97. The minimum absolute atomic E-state index is 0.119. The SMILES string of the molecule is CO[C@](C)(CC(C)C)C(=O)Nc1ccc(OCCN2CCC[C@@H](C)C2)cc1. The molecule has 0 aliphatic carbocycles. The Morgan fingerprint density at radius 3 is 2.63 bits per heavy atom. The summed E-state index contributed by atoms with van der Waals surface area (Å²) >= 11 is 0. The van der Waals surface area contributed by atoms with Gasteiger partial charge in [-0.25, -0.2) is 0 Å². The van der Waals surface area contributed by atoms with E-state index in [1.54, 1.807) is 7.11 Å². The van der Waals surface area contributed by atoms with Gasteiger partial charge in [0.05, 0.1) is 0 Å². The maximum atomic E-state index is 12.6. The molecule has 1 amide bonds. The lowest BCUT2D eigenvalue weighted by atomic mass is 9.93. The third-order valence-corrected chi connectivity index (χ3v) is 5.26. The molecule has 0 unspecified atom stereocenters. The lowest BCUT2D eigenvalue weighted by Crippen LogP contribution is -2.43. The van der Waals surface area contributed by atoms with Gasteiger partial charge in [0.25, 0.3) is 5.91 Å². The largest absolute Gasteiger partial charge is 0.492 e. The molecule has 2 rings (SSSR count). The number of likely N-dealkylation sites (tertiary alicyclic amines) is 1. The quantitative estimate of drug-likeness (QED) is 0.702. The Morgan fingerprint density at radius 2 is 2.04 bits per heavy atom. The third-order valence-electron chi connectivity index (χ3n) is 5.26. The van der Waals surface area contributed by atoms with E-state index in [1.807, 2.05) is 31.2 Å². The molecule has 152 valence electrons. The molecule has 0 saturated carbocycles. The van der Waals surface area contributed by atoms with E-state index in [9.17, 15) is 4.79 Å². The molecule has 0 aromatic heterocycles. The van der Waals surface area contributed by atoms with Gasteiger partial charge in [-0.1, -0.05) is 20.8 Å². The molecule has 2 atom stereocenters. The van der Waals surface area contributed by atoms with Crippen LogP contribution >= 0.6 is 0 Å². The van der Waals surface area contributed by atoms with Crippen molar-refractivity contribution >= 4 is 11.6 Å². The van der Waals surface area contributed by atoms with Crippen LogP contribution in [0.5, 0.6) is 5.75 Å². The molecule has 1 saturated heterocycles. The van der Waals surface area contributed by atoms with Crippen molar-refractivity contribution in [3.05, 3.63) is 24.3 Å². The number of nitrogens with one attached hydrogen (secondary N) is 1. The summed E-state index contributed by atoms with van der Waals surface area (Å²) in [5.74, 6) is 1.87. The zero-order valence-corrected chi connectivity index (χ0v) is 17.6. The molecule has 27 heavy (non-hydrogen) atoms. The highest BCUT2D eigenvalue weighted by Crippen LogP contribution is 2.23. The van der Waals surface area contributed by atoms with Gasteiger partial charge in [0, 0.05) is 25.9 Å². The predicted octanol–water partition coefficient (Wildman–Crippen LogP) is 4.19. The molecule has 0 radical (unpaired) electrons. The average Bonchev–Trinajstić information content (AvgIpc) is 2.62. The summed E-state index contributed by atoms with van der Waals surface area (Å²) < 4.78 is 11.3. The van der Waals surface area contributed by atoms with Crippen LogP contribution in [0.1, 0.15) is 47.0 Å². The zero-order valence-electron chi connectivity index (χ0n) is 17.6. The van der Waals surface area contributed by atoms with E-state index in [4.69, 9.17) is 9.47 Å². The number of hydrogen-bond donors (Lipinski definition) is 1. The van der Waals surface area contributed by atoms with Crippen molar-refractivity contribution in [2.75, 3.05) is 38.7 Å². The number of anilines is 1. The number of carbonyl (C=O) groups excluding carboxylic acids is 1. The van der Waals surface area contributed by atoms with Gasteiger partial charge in [0.2, 0.25) is 0 Å². The highest BCUT2D eigenvalue weighted by Gasteiger charge is 2.33. The second-order valence-corrected chi connectivity index (χ2v) is 8.41. The Morgan fingerprint density at radius 1 is 1.33 bits per heavy atom. The molecule has 0 bridgehead atoms. The number of rotatable bonds is 9. The summed E-state index contributed by atoms with van der Waals surface area (Å²) in [5, 5.41) is 2.95. The standard InChI is InChI=1S/C22H36N2O3/c1-17(2)15-22(4,26-5)21(25)23-19-8-10-20(11-9-19)27-14-13-24-12-6-7-18(3)16-24/h8-11,17-18H,6-7,12-16H2,1-5H3,(H,23,25)/t18-,22-/m1/s1. The molecule has 0 spiro atoms. The summed E-state index contributed by atoms with van der Waals surface area (Å²) in [6.45, 7) is 12.3. The van der Waals surface area contributed by atoms with Gasteiger partial charge in [0.1, 0.15) is 18.0 Å². The van der Waals surface area contributed by atoms with Crippen LogP contribution < -0.4 is 10.1 Å². The predicted molar refractivity (Wildman–Crippen MR) is 110 cm³/mol. The molecular formula is C22H36N2O3. The maximum absolute atomic E-state index is 12.6. The number of nitrogens with zero attached hydrogens (tertiary/aromatic N) is 1. The van der Waals surface area contributed by atoms with E-state index in [-0.39, 0.29) is 5.91 Å². The normalized spacial score (nSPS) is 20.3. The first-order valence-corrected chi connectivity index (χ1v) is 10.1. The summed E-state index contributed by atoms with van der Waals surface area (Å²) in [7, 11) is 1.59. The van der Waals surface area contributed by atoms with Gasteiger partial charge in [-0.05, 0) is 68.8 Å². The Kier molecular flexibility index (Phi) is 8.11. The van der Waals surface area contributed by atoms with Gasteiger partial charge < -0.3 is 14.8 Å². The number of amides is 1. The van der Waals surface area contributed by atoms with E-state index >= 15 is 0 Å². The van der Waals surface area contributed by atoms with Crippen molar-refractivity contribution in [1.82, 2.24) is 4.90 Å². The summed E-state index contributed by atoms with van der Waals surface area (Å²) in [5.41, 5.74) is -0.0706. The molecule has 1 heterocycles. The molecule has 1 N–H and O–H groups in total. The van der Waals surface area contributed by atoms with Crippen molar-refractivity contribution in [2.24, 2.45) is 11.8 Å². The van der Waals surface area contributed by atoms with E-state index < -0.39 is 5.60 Å². The molecule has 1 fully saturated rings. The van der Waals surface area contributed by atoms with Crippen LogP contribution in [0.2, 0.25) is 0 Å². The van der Waals surface area contributed by atoms with Gasteiger partial charge in [-0.15, -0.1) is 0 Å². The van der Waals surface area contributed by atoms with Crippen LogP contribution in [0.4, 0.5) is 5.69 Å². The monoisotopic (exact) mass is 376 g/mol. The molecule has 1 aromatic carbocycles. The highest BCUT2D eigenvalue weighted by atomic mass is 16.5. The number of piperidine rings is 1. The van der Waals surface area contributed by atoms with E-state index in [2.05, 4.69) is 31.0 Å². The van der Waals surface area contributed by atoms with E-state index in [0.29, 0.717) is 18.9 Å². The second-order valence-electron chi connectivity index (χ2n) is 8.41. The van der Waals surface area contributed by atoms with Crippen molar-refractivity contribution < 1.29 is 14.3 Å². The fourth-order valence-corrected chi connectivity index (χ4v) is 3.73. The van der Waals surface area contributed by atoms with Crippen LogP contribution in [0, 0.1) is 11.8 Å². The molecule has 1 aliphatic heterocycles. The minimum atomic E-state index is -0.824. The fraction of sp³-hybridized carbons (Fsp3) is 0.682. The zero-order chi connectivity index (χ0) is 19.9. The molecule has 5 nitrogen and oxygen atoms in total. The van der Waals surface area contributed by atoms with Crippen molar-refractivity contribution in [3.63, 3.8) is 0 Å². The molecule has 5 heteroatoms. The fourth-order valence-electron chi connectivity index (χ4n) is 3.73. The summed E-state index contributed by atoms with van der Waals surface area (Å²) in [6, 6.07) is 7.56. The van der Waals surface area contributed by atoms with Gasteiger partial charge in [-0.2, -0.15) is 0 Å². The van der Waals surface area contributed by atoms with Crippen molar-refractivity contribution in [3.8, 4) is 5.75 Å². The number of benzene rings is 1. The molecule has 1 aromatic rings. The maximum Gasteiger partial charge on any atom is 0.256 e. The van der Waals surface area contributed by atoms with Crippen LogP contribution in [0.3, 0.4) is 0 Å². The molecular weight excluding hydrogens is 340 g/mol. The van der Waals surface area contributed by atoms with Crippen molar-refractivity contribution in [1.29, 1.82) is 0 Å². The minimum Gasteiger partial charge on any atom is -0.492 e. The Labute approximate surface area is 164 Å². The molecule has 1 aliphatic rings. The lowest BCUT2D eigenvalue weighted by molar-refractivity contribution is -0.137. The van der Waals surface area contributed by atoms with Crippen LogP contribution in [-0.2, 0) is 9.53 Å². The average molecular weight is 377 g/mol. The van der Waals surface area contributed by atoms with Crippen molar-refractivity contribution in [2.45, 2.75) is 52.6 Å². The third kappa shape index (κ3) is 6.82. The Hall–Kier alpha value is -1.59. The number of ether oxygens (including phenoxy) is 2. The Balaban J connectivity index is 1.81. The van der Waals surface area contributed by atoms with E-state index in [0.717, 1.165) is 23.9 Å². The van der Waals surface area contributed by atoms with E-state index in [1.165, 1.54) is 25.9 Å². The number of methoxy groups -OCH3 is 1. The van der Waals surface area contributed by atoms with Crippen LogP contribution in [0.15, 0.2) is 24.3 Å².